The number of ether oxygens (including phenoxy) is 5. The van der Waals surface area contributed by atoms with E-state index < -0.39 is 6.17 Å². The van der Waals surface area contributed by atoms with Crippen molar-refractivity contribution in [3.05, 3.63) is 179 Å². The third kappa shape index (κ3) is 13.0. The number of esters is 5. The van der Waals surface area contributed by atoms with Gasteiger partial charge in [-0.3, -0.25) is 29.4 Å². The number of hydrogen-bond donors (Lipinski definition) is 1. The molecule has 0 radical (unpaired) electrons. The Labute approximate surface area is 726 Å². The van der Waals surface area contributed by atoms with Crippen molar-refractivity contribution in [2.24, 2.45) is 0 Å². The number of imidazole rings is 1. The fraction of sp³-hybridized carbons (Fsp3) is 0.583. The van der Waals surface area contributed by atoms with Gasteiger partial charge in [0.2, 0.25) is 0 Å². The Morgan fingerprint density at radius 3 is 1.28 bits per heavy atom. The number of rotatable bonds is 9. The van der Waals surface area contributed by atoms with Crippen LogP contribution in [0.1, 0.15) is 190 Å². The van der Waals surface area contributed by atoms with Crippen LogP contribution in [-0.2, 0) is 59.2 Å². The summed E-state index contributed by atoms with van der Waals surface area (Å²) in [5.74, 6) is 1.52. The number of carbonyl (C=O) groups is 5. The predicted octanol–water partition coefficient (Wildman–Crippen LogP) is 13.9. The average Bonchev–Trinajstić information content (AvgIpc) is 1.55. The molecule has 6 unspecified atom stereocenters. The second kappa shape index (κ2) is 31.4. The summed E-state index contributed by atoms with van der Waals surface area (Å²) in [6.45, 7) is 7.02. The van der Waals surface area contributed by atoms with Crippen LogP contribution in [-0.4, -0.2) is 246 Å². The first-order chi connectivity index (χ1) is 59.1. The highest BCUT2D eigenvalue weighted by molar-refractivity contribution is 7.99. The number of phenolic OH excluding ortho intramolecular Hbond substituents is 1. The monoisotopic (exact) mass is 1710 g/mol. The van der Waals surface area contributed by atoms with Gasteiger partial charge >= 0.3 is 29.8 Å². The van der Waals surface area contributed by atoms with Crippen molar-refractivity contribution >= 4 is 87.8 Å². The van der Waals surface area contributed by atoms with Crippen LogP contribution in [0.25, 0.3) is 22.1 Å². The van der Waals surface area contributed by atoms with Crippen LogP contribution < -0.4 is 0 Å². The van der Waals surface area contributed by atoms with E-state index in [0.717, 1.165) is 156 Å². The normalized spacial score (nSPS) is 38.7. The number of phenols is 1. The van der Waals surface area contributed by atoms with E-state index >= 15 is 0 Å². The number of hydrogen-bond acceptors (Lipinski definition) is 22. The summed E-state index contributed by atoms with van der Waals surface area (Å²) >= 11 is 3.98. The fourth-order valence-electron chi connectivity index (χ4n) is 28.0. The molecule has 10 bridgehead atoms. The zero-order valence-corrected chi connectivity index (χ0v) is 71.8. The maximum absolute atomic E-state index is 13.7. The van der Waals surface area contributed by atoms with E-state index in [1.165, 1.54) is 116 Å². The van der Waals surface area contributed by atoms with Gasteiger partial charge in [0.15, 0.2) is 28.0 Å². The van der Waals surface area contributed by atoms with Gasteiger partial charge in [0.05, 0.1) is 65.2 Å². The molecule has 16 aliphatic heterocycles. The lowest BCUT2D eigenvalue weighted by atomic mass is 9.75. The van der Waals surface area contributed by atoms with E-state index in [-0.39, 0.29) is 76.3 Å². The Morgan fingerprint density at radius 1 is 0.402 bits per heavy atom. The largest absolute Gasteiger partial charge is 0.508 e. The Balaban J connectivity index is 0.0000000910. The molecule has 21 aliphatic rings. The number of fused-ring (bicyclic) bond motifs is 17. The van der Waals surface area contributed by atoms with E-state index in [9.17, 15) is 33.5 Å². The molecule has 642 valence electrons. The maximum Gasteiger partial charge on any atom is 0.331 e. The first kappa shape index (κ1) is 80.1. The number of aromatic nitrogens is 5. The summed E-state index contributed by atoms with van der Waals surface area (Å²) in [7, 11) is 0. The molecule has 11 saturated heterocycles. The van der Waals surface area contributed by atoms with Crippen LogP contribution in [0.4, 0.5) is 4.39 Å². The first-order valence-electron chi connectivity index (χ1n) is 45.8. The highest BCUT2D eigenvalue weighted by Crippen LogP contribution is 2.63. The smallest absolute Gasteiger partial charge is 0.331 e. The van der Waals surface area contributed by atoms with E-state index in [0.29, 0.717) is 102 Å². The molecule has 5 aliphatic carbocycles. The molecule has 5 saturated carbocycles. The number of alkyl halides is 1. The SMILES string of the molecule is Cl.O=C1C=C2CC(N3CCC(F)C3)[C@@H]3C[C@@]2(O1)[C@H]1CCCCN31.O=C1C=C2CC(SCc3ccccc3)[C@@H]3C[C@@]2(O1)[C@H]1CCCCN31.O=C1C=C2CC(SCc3ccccc3O)[C@@H]3C[C@@]2(O1)[C@H]1CCCCN31.O=C1C=C2CC(n3cnc4ccccc43)[C@@H]3C[C@@]2(O1)[C@H]1CCCCN31.O=C1C=C2CC(n3nnc4ccccc43)[C@@H]3C[C@@]2(O1)[C@H]1CCCCN31. The minimum Gasteiger partial charge on any atom is -0.508 e. The summed E-state index contributed by atoms with van der Waals surface area (Å²) in [5, 5.41) is 19.9. The Hall–Kier alpha value is -7.72. The number of benzene rings is 4. The third-order valence-electron chi connectivity index (χ3n) is 32.9. The van der Waals surface area contributed by atoms with Gasteiger partial charge in [0.25, 0.3) is 0 Å². The van der Waals surface area contributed by atoms with E-state index in [1.54, 1.807) is 30.4 Å². The molecule has 5 spiro atoms. The zero-order chi connectivity index (χ0) is 81.3. The number of carbonyl (C=O) groups excluding carboxylic acids is 5. The number of para-hydroxylation sites is 4. The van der Waals surface area contributed by atoms with Gasteiger partial charge in [-0.25, -0.2) is 38.0 Å². The number of piperidine rings is 5. The lowest BCUT2D eigenvalue weighted by Gasteiger charge is -2.40. The Bertz CT molecular complexity index is 5170. The van der Waals surface area contributed by atoms with Gasteiger partial charge in [-0.15, -0.1) is 17.5 Å². The van der Waals surface area contributed by atoms with Crippen LogP contribution in [0.15, 0.2) is 168 Å². The molecule has 21 atom stereocenters. The maximum atomic E-state index is 13.7. The Morgan fingerprint density at radius 2 is 0.795 bits per heavy atom. The molecular formula is C96H111ClFN11O11S2. The second-order valence-electron chi connectivity index (χ2n) is 38.6. The van der Waals surface area contributed by atoms with Crippen molar-refractivity contribution in [1.82, 2.24) is 53.9 Å². The zero-order valence-electron chi connectivity index (χ0n) is 69.3. The Kier molecular flexibility index (Phi) is 20.6. The topological polar surface area (TPSA) is 220 Å². The molecule has 4 aromatic carbocycles. The van der Waals surface area contributed by atoms with Crippen LogP contribution >= 0.6 is 35.9 Å². The van der Waals surface area contributed by atoms with Crippen molar-refractivity contribution in [1.29, 1.82) is 0 Å². The first-order valence-corrected chi connectivity index (χ1v) is 47.9. The van der Waals surface area contributed by atoms with Crippen molar-refractivity contribution < 1.29 is 57.2 Å². The van der Waals surface area contributed by atoms with Crippen molar-refractivity contribution in [2.45, 2.75) is 302 Å². The average molecular weight is 1710 g/mol. The van der Waals surface area contributed by atoms with Crippen molar-refractivity contribution in [3.8, 4) is 5.75 Å². The molecule has 122 heavy (non-hydrogen) atoms. The number of aromatic hydroxyl groups is 1. The van der Waals surface area contributed by atoms with Crippen LogP contribution in [0, 0.1) is 0 Å². The number of halogens is 2. The highest BCUT2D eigenvalue weighted by atomic mass is 35.5. The van der Waals surface area contributed by atoms with Gasteiger partial charge in [-0.1, -0.05) is 110 Å². The molecule has 2 aromatic heterocycles. The lowest BCUT2D eigenvalue weighted by Crippen LogP contribution is -2.51. The number of nitrogens with zero attached hydrogens (tertiary/aromatic N) is 11. The summed E-state index contributed by atoms with van der Waals surface area (Å²) in [5.41, 5.74) is 11.1. The van der Waals surface area contributed by atoms with Crippen LogP contribution in [0.3, 0.4) is 0 Å². The summed E-state index contributed by atoms with van der Waals surface area (Å²) < 4.78 is 47.8. The summed E-state index contributed by atoms with van der Waals surface area (Å²) in [4.78, 5) is 80.4. The van der Waals surface area contributed by atoms with Gasteiger partial charge in [0, 0.05) is 139 Å². The predicted molar refractivity (Wildman–Crippen MR) is 464 cm³/mol. The van der Waals surface area contributed by atoms with E-state index in [1.807, 2.05) is 66.6 Å². The number of thioether (sulfide) groups is 2. The van der Waals surface area contributed by atoms with Gasteiger partial charge in [-0.05, 0) is 199 Å². The minimum atomic E-state index is -0.680. The molecule has 26 heteroatoms. The molecule has 27 rings (SSSR count). The van der Waals surface area contributed by atoms with Crippen molar-refractivity contribution in [2.75, 3.05) is 45.8 Å². The third-order valence-corrected chi connectivity index (χ3v) is 35.7. The quantitative estimate of drug-likeness (QED) is 0.105. The lowest BCUT2D eigenvalue weighted by molar-refractivity contribution is -0.149. The minimum absolute atomic E-state index is 0. The molecule has 0 amide bonds. The van der Waals surface area contributed by atoms with Gasteiger partial charge < -0.3 is 33.4 Å². The molecule has 16 fully saturated rings. The van der Waals surface area contributed by atoms with Gasteiger partial charge in [-0.2, -0.15) is 23.5 Å². The molecule has 18 heterocycles. The standard InChI is InChI=1S/C20H21N3O2.C20H23NO3S.C20H23NO2S.C19H20N4O2.C17H23FN2O2.ClH/c24-19-10-13-9-16(23-12-21-14-5-1-2-6-15(14)23)17-11-20(13,25-19)18-7-3-4-8-22(17)18;22-16-6-2-1-5-13(16)12-25-17-9-14-10-19(23)24-20(14)11-15(17)21-8-4-3-7-18(20)21;22-19-11-15-10-17(24-13-14-6-2-1-3-7-14)16-12-20(15,23-19)18-8-4-5-9-21(16)18;24-18-10-12-9-15(23-14-6-2-1-5-13(14)20-21-23)16-11-19(12,25-18)17-7-3-4-8-22(16)17;18-12-4-6-19(10-12)13-7-11-8-16(21)22-17(11)9-14(13)20-5-2-1-3-15(17)20;/h1-2,5-6,10,12,16-18H,3-4,7-9,11H2;1-2,5-6,10,15,17-18,22H,3-4,7-9,11-12H2;1-3,6-7,11,16-18H,4-5,8-10,12-13H2;1-2,5-6,10,15-17H,3-4,7-9,11H2;8,12-15H,1-7,9-10H2;1H/t16?,17-,18+,20-;15-,17?,18+,20-;16-,17?,18+,20-;15?,16-,17+,19-;12?,13?,14-,15+,17-;/m00000./s1. The van der Waals surface area contributed by atoms with Crippen LogP contribution in [0.2, 0.25) is 0 Å². The molecule has 6 aromatic rings. The van der Waals surface area contributed by atoms with Gasteiger partial charge in [0.1, 0.15) is 17.4 Å². The summed E-state index contributed by atoms with van der Waals surface area (Å²) in [6, 6.07) is 39.8. The second-order valence-corrected chi connectivity index (χ2v) is 41.0. The van der Waals surface area contributed by atoms with E-state index in [4.69, 9.17) is 23.7 Å². The van der Waals surface area contributed by atoms with Crippen molar-refractivity contribution in [3.63, 3.8) is 0 Å². The van der Waals surface area contributed by atoms with Crippen LogP contribution in [0.5, 0.6) is 5.75 Å². The summed E-state index contributed by atoms with van der Waals surface area (Å²) in [6.07, 6.45) is 38.2. The molecular weight excluding hydrogens is 1600 g/mol. The highest BCUT2D eigenvalue weighted by Gasteiger charge is 2.70. The van der Waals surface area contributed by atoms with E-state index in [2.05, 4.69) is 120 Å². The molecule has 22 nitrogen and oxygen atoms in total. The number of likely N-dealkylation sites (tertiary alicyclic amines) is 1. The fourth-order valence-corrected chi connectivity index (χ4v) is 30.8. The molecule has 1 N–H and O–H groups in total.